The molecule has 30 heavy (non-hydrogen) atoms. The third-order valence-corrected chi connectivity index (χ3v) is 9.26. The van der Waals surface area contributed by atoms with E-state index in [2.05, 4.69) is 125 Å². The quantitative estimate of drug-likeness (QED) is 0.275. The lowest BCUT2D eigenvalue weighted by Crippen LogP contribution is -2.23. The Morgan fingerprint density at radius 3 is 1.67 bits per heavy atom. The highest BCUT2D eigenvalue weighted by Crippen LogP contribution is 2.58. The number of nitrogens with one attached hydrogen (secondary N) is 1. The number of benzene rings is 1. The molecule has 0 saturated carbocycles. The molecule has 2 nitrogen and oxygen atoms in total. The molecular formula is C25H42Br2NOP. The van der Waals surface area contributed by atoms with Crippen LogP contribution in [0.1, 0.15) is 99.8 Å². The number of hydrogen-bond donors (Lipinski definition) is 1. The number of anilines is 1. The zero-order valence-electron chi connectivity index (χ0n) is 21.1. The van der Waals surface area contributed by atoms with Crippen molar-refractivity contribution in [2.45, 2.75) is 99.3 Å². The average Bonchev–Trinajstić information content (AvgIpc) is 2.51. The van der Waals surface area contributed by atoms with Crippen LogP contribution >= 0.6 is 38.2 Å². The monoisotopic (exact) mass is 561 g/mol. The van der Waals surface area contributed by atoms with Gasteiger partial charge in [-0.1, -0.05) is 88.3 Å². The zero-order valence-corrected chi connectivity index (χ0v) is 25.1. The standard InChI is InChI=1S/C25H42Br2NOP/c1-13-29-22(26)21(16(2)3)30(27)28-20-18(24(7,8)9)14-17(23(4,5)6)15-19(20)25(10,11)12/h14-16,28H,13H2,1-12H3/b22-21-. The van der Waals surface area contributed by atoms with E-state index in [9.17, 15) is 0 Å². The Hall–Kier alpha value is -0.0500. The molecule has 1 aromatic carbocycles. The van der Waals surface area contributed by atoms with Gasteiger partial charge in [0.05, 0.1) is 13.4 Å². The van der Waals surface area contributed by atoms with E-state index in [0.29, 0.717) is 12.5 Å². The SMILES string of the molecule is CCO/C(Br)=C(/C(C)C)P(Br)Nc1c(C(C)(C)C)cc(C(C)(C)C)cc1C(C)(C)C. The minimum absolute atomic E-state index is 0.0195. The summed E-state index contributed by atoms with van der Waals surface area (Å²) in [6, 6.07) is 4.81. The molecule has 0 aliphatic rings. The summed E-state index contributed by atoms with van der Waals surface area (Å²) < 4.78 is 6.67. The third-order valence-electron chi connectivity index (χ3n) is 5.06. The van der Waals surface area contributed by atoms with E-state index in [-0.39, 0.29) is 16.2 Å². The predicted molar refractivity (Wildman–Crippen MR) is 144 cm³/mol. The lowest BCUT2D eigenvalue weighted by molar-refractivity contribution is 0.257. The number of allylic oxidation sites excluding steroid dienone is 1. The summed E-state index contributed by atoms with van der Waals surface area (Å²) in [7, 11) is 0. The van der Waals surface area contributed by atoms with Crippen LogP contribution in [0.4, 0.5) is 5.69 Å². The van der Waals surface area contributed by atoms with Crippen molar-refractivity contribution in [2.24, 2.45) is 5.92 Å². The molecule has 0 heterocycles. The van der Waals surface area contributed by atoms with Crippen LogP contribution in [0.25, 0.3) is 0 Å². The highest BCUT2D eigenvalue weighted by atomic mass is 79.9. The fraction of sp³-hybridized carbons (Fsp3) is 0.680. The van der Waals surface area contributed by atoms with E-state index in [4.69, 9.17) is 4.74 Å². The highest BCUT2D eigenvalue weighted by Gasteiger charge is 2.31. The summed E-state index contributed by atoms with van der Waals surface area (Å²) in [4.78, 5) is 0. The van der Waals surface area contributed by atoms with Gasteiger partial charge in [0.25, 0.3) is 0 Å². The first-order chi connectivity index (χ1) is 13.4. The number of rotatable bonds is 6. The second kappa shape index (κ2) is 10.3. The molecule has 172 valence electrons. The molecule has 0 aliphatic carbocycles. The Balaban J connectivity index is 3.77. The summed E-state index contributed by atoms with van der Waals surface area (Å²) in [6.45, 7) is 27.0. The Kier molecular flexibility index (Phi) is 9.57. The number of halogens is 2. The summed E-state index contributed by atoms with van der Waals surface area (Å²) in [5.41, 5.74) is 5.50. The fourth-order valence-electron chi connectivity index (χ4n) is 3.27. The first-order valence-electron chi connectivity index (χ1n) is 10.9. The molecule has 1 unspecified atom stereocenters. The maximum atomic E-state index is 5.83. The van der Waals surface area contributed by atoms with Gasteiger partial charge in [-0.05, 0) is 77.2 Å². The molecule has 0 aliphatic heterocycles. The first-order valence-corrected chi connectivity index (χ1v) is 15.0. The van der Waals surface area contributed by atoms with E-state index in [1.54, 1.807) is 0 Å². The van der Waals surface area contributed by atoms with Crippen LogP contribution in [-0.4, -0.2) is 6.61 Å². The molecule has 1 N–H and O–H groups in total. The second-order valence-electron chi connectivity index (χ2n) is 11.3. The van der Waals surface area contributed by atoms with Gasteiger partial charge in [0.15, 0.2) is 4.67 Å². The lowest BCUT2D eigenvalue weighted by atomic mass is 9.74. The van der Waals surface area contributed by atoms with E-state index < -0.39 is 6.77 Å². The highest BCUT2D eigenvalue weighted by molar-refractivity contribution is 9.40. The molecule has 0 aromatic heterocycles. The van der Waals surface area contributed by atoms with Gasteiger partial charge in [-0.15, -0.1) is 0 Å². The Morgan fingerprint density at radius 2 is 1.37 bits per heavy atom. The van der Waals surface area contributed by atoms with Crippen molar-refractivity contribution in [1.82, 2.24) is 0 Å². The predicted octanol–water partition coefficient (Wildman–Crippen LogP) is 9.95. The molecule has 0 saturated heterocycles. The lowest BCUT2D eigenvalue weighted by Gasteiger charge is -2.35. The Labute approximate surface area is 203 Å². The summed E-state index contributed by atoms with van der Waals surface area (Å²) >= 11 is 7.67. The van der Waals surface area contributed by atoms with Crippen molar-refractivity contribution in [3.63, 3.8) is 0 Å². The van der Waals surface area contributed by atoms with E-state index >= 15 is 0 Å². The van der Waals surface area contributed by atoms with Crippen LogP contribution in [0.3, 0.4) is 0 Å². The van der Waals surface area contributed by atoms with Gasteiger partial charge < -0.3 is 9.82 Å². The van der Waals surface area contributed by atoms with Crippen LogP contribution < -0.4 is 5.09 Å². The van der Waals surface area contributed by atoms with Crippen LogP contribution in [-0.2, 0) is 21.0 Å². The molecule has 0 amide bonds. The molecule has 1 atom stereocenters. The molecule has 1 rings (SSSR count). The van der Waals surface area contributed by atoms with Gasteiger partial charge >= 0.3 is 0 Å². The van der Waals surface area contributed by atoms with Crippen molar-refractivity contribution in [3.05, 3.63) is 38.8 Å². The van der Waals surface area contributed by atoms with Crippen LogP contribution in [0.5, 0.6) is 0 Å². The summed E-state index contributed by atoms with van der Waals surface area (Å²) in [6.07, 6.45) is 0. The topological polar surface area (TPSA) is 21.3 Å². The van der Waals surface area contributed by atoms with Crippen molar-refractivity contribution in [1.29, 1.82) is 0 Å². The van der Waals surface area contributed by atoms with Gasteiger partial charge in [-0.25, -0.2) is 0 Å². The van der Waals surface area contributed by atoms with Crippen LogP contribution in [0, 0.1) is 5.92 Å². The van der Waals surface area contributed by atoms with E-state index in [0.717, 1.165) is 4.67 Å². The first kappa shape index (κ1) is 28.0. The minimum atomic E-state index is -0.805. The Bertz CT molecular complexity index is 730. The summed E-state index contributed by atoms with van der Waals surface area (Å²) in [5, 5.41) is 5.15. The van der Waals surface area contributed by atoms with Gasteiger partial charge in [0.2, 0.25) is 0 Å². The van der Waals surface area contributed by atoms with Crippen LogP contribution in [0.15, 0.2) is 22.1 Å². The Morgan fingerprint density at radius 1 is 0.933 bits per heavy atom. The molecule has 0 bridgehead atoms. The van der Waals surface area contributed by atoms with Crippen molar-refractivity contribution in [2.75, 3.05) is 11.7 Å². The van der Waals surface area contributed by atoms with Gasteiger partial charge in [-0.3, -0.25) is 0 Å². The van der Waals surface area contributed by atoms with Gasteiger partial charge in [0, 0.05) is 11.0 Å². The maximum absolute atomic E-state index is 5.83. The molecule has 0 spiro atoms. The molecule has 0 fully saturated rings. The van der Waals surface area contributed by atoms with E-state index in [1.807, 2.05) is 6.92 Å². The molecule has 5 heteroatoms. The molecule has 1 aromatic rings. The molecular weight excluding hydrogens is 521 g/mol. The fourth-order valence-corrected chi connectivity index (χ4v) is 8.67. The van der Waals surface area contributed by atoms with Gasteiger partial charge in [-0.2, -0.15) is 0 Å². The number of hydrogen-bond acceptors (Lipinski definition) is 2. The normalized spacial score (nSPS) is 15.2. The third kappa shape index (κ3) is 7.24. The smallest absolute Gasteiger partial charge is 0.168 e. The minimum Gasteiger partial charge on any atom is -0.487 e. The zero-order chi connectivity index (χ0) is 23.7. The van der Waals surface area contributed by atoms with E-state index in [1.165, 1.54) is 27.7 Å². The van der Waals surface area contributed by atoms with Crippen LogP contribution in [0.2, 0.25) is 0 Å². The second-order valence-corrected chi connectivity index (χ2v) is 15.5. The number of ether oxygens (including phenoxy) is 1. The van der Waals surface area contributed by atoms with Gasteiger partial charge in [0.1, 0.15) is 0 Å². The largest absolute Gasteiger partial charge is 0.487 e. The van der Waals surface area contributed by atoms with Crippen molar-refractivity contribution in [3.8, 4) is 0 Å². The summed E-state index contributed by atoms with van der Waals surface area (Å²) in [5.74, 6) is 0.355. The average molecular weight is 563 g/mol. The van der Waals surface area contributed by atoms with Crippen molar-refractivity contribution < 1.29 is 4.74 Å². The van der Waals surface area contributed by atoms with Crippen molar-refractivity contribution >= 4 is 43.9 Å². The maximum Gasteiger partial charge on any atom is 0.168 e. The molecule has 0 radical (unpaired) electrons.